The number of hydrogen-bond acceptors (Lipinski definition) is 4. The Kier molecular flexibility index (Phi) is 3.37. The first kappa shape index (κ1) is 13.1. The molecule has 5 heteroatoms. The highest BCUT2D eigenvalue weighted by Gasteiger charge is 2.33. The van der Waals surface area contributed by atoms with Crippen LogP contribution in [-0.4, -0.2) is 35.1 Å². The van der Waals surface area contributed by atoms with Crippen molar-refractivity contribution in [3.05, 3.63) is 22.4 Å². The van der Waals surface area contributed by atoms with E-state index < -0.39 is 5.60 Å². The zero-order chi connectivity index (χ0) is 13.5. The lowest BCUT2D eigenvalue weighted by atomic mass is 10.0. The predicted molar refractivity (Wildman–Crippen MR) is 80.1 cm³/mol. The molecule has 0 spiro atoms. The van der Waals surface area contributed by atoms with Gasteiger partial charge in [0.05, 0.1) is 10.5 Å². The number of nitrogens with zero attached hydrogens (tertiary/aromatic N) is 1. The largest absolute Gasteiger partial charge is 0.388 e. The van der Waals surface area contributed by atoms with E-state index in [-0.39, 0.29) is 5.91 Å². The van der Waals surface area contributed by atoms with Crippen LogP contribution in [0, 0.1) is 0 Å². The SMILES string of the molecule is CN(CC1(O)CCCC1)C(=O)c1cc2sccc2s1. The Morgan fingerprint density at radius 1 is 1.42 bits per heavy atom. The molecule has 2 aromatic rings. The van der Waals surface area contributed by atoms with Gasteiger partial charge in [0.2, 0.25) is 0 Å². The number of likely N-dealkylation sites (N-methyl/N-ethyl adjacent to an activating group) is 1. The fraction of sp³-hybridized carbons (Fsp3) is 0.500. The molecule has 0 unspecified atom stereocenters. The molecular formula is C14H17NO2S2. The number of hydrogen-bond donors (Lipinski definition) is 1. The molecule has 3 nitrogen and oxygen atoms in total. The summed E-state index contributed by atoms with van der Waals surface area (Å²) in [5.74, 6) is 0.0220. The van der Waals surface area contributed by atoms with E-state index in [9.17, 15) is 9.90 Å². The third kappa shape index (κ3) is 2.55. The number of carbonyl (C=O) groups is 1. The molecule has 1 aliphatic carbocycles. The highest BCUT2D eigenvalue weighted by molar-refractivity contribution is 7.27. The average molecular weight is 295 g/mol. The molecule has 19 heavy (non-hydrogen) atoms. The smallest absolute Gasteiger partial charge is 0.263 e. The van der Waals surface area contributed by atoms with Crippen LogP contribution in [0.1, 0.15) is 35.4 Å². The Hall–Kier alpha value is -0.910. The fourth-order valence-corrected chi connectivity index (χ4v) is 4.87. The van der Waals surface area contributed by atoms with Gasteiger partial charge in [-0.1, -0.05) is 12.8 Å². The molecule has 0 atom stereocenters. The second-order valence-corrected chi connectivity index (χ2v) is 7.38. The standard InChI is InChI=1S/C14H17NO2S2/c1-15(9-14(17)5-2-3-6-14)13(16)12-8-11-10(19-12)4-7-18-11/h4,7-8,17H,2-3,5-6,9H2,1H3. The molecule has 2 heterocycles. The van der Waals surface area contributed by atoms with Gasteiger partial charge in [0.25, 0.3) is 5.91 Å². The van der Waals surface area contributed by atoms with Crippen molar-refractivity contribution in [2.75, 3.05) is 13.6 Å². The molecule has 102 valence electrons. The Morgan fingerprint density at radius 3 is 2.84 bits per heavy atom. The van der Waals surface area contributed by atoms with Crippen LogP contribution in [0.5, 0.6) is 0 Å². The Morgan fingerprint density at radius 2 is 2.16 bits per heavy atom. The highest BCUT2D eigenvalue weighted by Crippen LogP contribution is 2.32. The van der Waals surface area contributed by atoms with Crippen molar-refractivity contribution in [3.8, 4) is 0 Å². The maximum Gasteiger partial charge on any atom is 0.263 e. The van der Waals surface area contributed by atoms with Crippen molar-refractivity contribution in [1.29, 1.82) is 0 Å². The molecule has 1 aliphatic rings. The molecule has 0 bridgehead atoms. The lowest BCUT2D eigenvalue weighted by Crippen LogP contribution is -2.41. The van der Waals surface area contributed by atoms with Gasteiger partial charge in [-0.15, -0.1) is 22.7 Å². The van der Waals surface area contributed by atoms with E-state index in [1.54, 1.807) is 23.3 Å². The molecule has 0 aliphatic heterocycles. The van der Waals surface area contributed by atoms with E-state index in [1.165, 1.54) is 20.7 Å². The van der Waals surface area contributed by atoms with Crippen LogP contribution in [0.25, 0.3) is 9.40 Å². The molecule has 3 rings (SSSR count). The number of fused-ring (bicyclic) bond motifs is 1. The number of carbonyl (C=O) groups excluding carboxylic acids is 1. The number of aliphatic hydroxyl groups is 1. The van der Waals surface area contributed by atoms with Crippen molar-refractivity contribution in [2.24, 2.45) is 0 Å². The third-order valence-electron chi connectivity index (χ3n) is 3.76. The van der Waals surface area contributed by atoms with E-state index in [4.69, 9.17) is 0 Å². The summed E-state index contributed by atoms with van der Waals surface area (Å²) in [4.78, 5) is 14.8. The number of rotatable bonds is 3. The average Bonchev–Trinajstić information content (AvgIpc) is 3.02. The lowest BCUT2D eigenvalue weighted by Gasteiger charge is -2.28. The minimum Gasteiger partial charge on any atom is -0.388 e. The van der Waals surface area contributed by atoms with Crippen molar-refractivity contribution >= 4 is 38.0 Å². The molecule has 2 aromatic heterocycles. The van der Waals surface area contributed by atoms with Gasteiger partial charge in [-0.2, -0.15) is 0 Å². The van der Waals surface area contributed by atoms with E-state index in [1.807, 2.05) is 17.5 Å². The van der Waals surface area contributed by atoms with Gasteiger partial charge in [-0.05, 0) is 30.4 Å². The van der Waals surface area contributed by atoms with E-state index in [2.05, 4.69) is 0 Å². The van der Waals surface area contributed by atoms with E-state index in [0.717, 1.165) is 30.6 Å². The maximum absolute atomic E-state index is 12.4. The van der Waals surface area contributed by atoms with Crippen LogP contribution in [0.3, 0.4) is 0 Å². The quantitative estimate of drug-likeness (QED) is 0.943. The molecule has 1 amide bonds. The molecule has 0 radical (unpaired) electrons. The zero-order valence-electron chi connectivity index (χ0n) is 10.9. The minimum atomic E-state index is -0.668. The van der Waals surface area contributed by atoms with Crippen LogP contribution < -0.4 is 0 Å². The molecule has 1 N–H and O–H groups in total. The first-order valence-corrected chi connectivity index (χ1v) is 8.22. The van der Waals surface area contributed by atoms with E-state index in [0.29, 0.717) is 6.54 Å². The third-order valence-corrected chi connectivity index (χ3v) is 5.84. The Bertz CT molecular complexity index is 567. The summed E-state index contributed by atoms with van der Waals surface area (Å²) in [5.41, 5.74) is -0.668. The van der Waals surface area contributed by atoms with Gasteiger partial charge >= 0.3 is 0 Å². The minimum absolute atomic E-state index is 0.0220. The molecule has 0 saturated heterocycles. The summed E-state index contributed by atoms with van der Waals surface area (Å²) in [6.45, 7) is 0.442. The van der Waals surface area contributed by atoms with Gasteiger partial charge < -0.3 is 10.0 Å². The van der Waals surface area contributed by atoms with Crippen molar-refractivity contribution in [3.63, 3.8) is 0 Å². The Labute approximate surface area is 120 Å². The molecule has 0 aromatic carbocycles. The summed E-state index contributed by atoms with van der Waals surface area (Å²) < 4.78 is 2.34. The van der Waals surface area contributed by atoms with Crippen LogP contribution in [-0.2, 0) is 0 Å². The Balaban J connectivity index is 1.74. The van der Waals surface area contributed by atoms with E-state index >= 15 is 0 Å². The van der Waals surface area contributed by atoms with Gasteiger partial charge in [0.1, 0.15) is 0 Å². The van der Waals surface area contributed by atoms with Crippen molar-refractivity contribution < 1.29 is 9.90 Å². The monoisotopic (exact) mass is 295 g/mol. The van der Waals surface area contributed by atoms with Gasteiger partial charge in [-0.3, -0.25) is 4.79 Å². The van der Waals surface area contributed by atoms with Crippen LogP contribution in [0.15, 0.2) is 17.5 Å². The van der Waals surface area contributed by atoms with Gasteiger partial charge in [0.15, 0.2) is 0 Å². The van der Waals surface area contributed by atoms with Crippen molar-refractivity contribution in [2.45, 2.75) is 31.3 Å². The first-order chi connectivity index (χ1) is 9.07. The zero-order valence-corrected chi connectivity index (χ0v) is 12.5. The second kappa shape index (κ2) is 4.89. The van der Waals surface area contributed by atoms with Gasteiger partial charge in [-0.25, -0.2) is 0 Å². The molecule has 1 fully saturated rings. The van der Waals surface area contributed by atoms with Crippen molar-refractivity contribution in [1.82, 2.24) is 4.90 Å². The van der Waals surface area contributed by atoms with Crippen LogP contribution in [0.2, 0.25) is 0 Å². The normalized spacial score (nSPS) is 18.0. The number of thiophene rings is 2. The predicted octanol–water partition coefficient (Wildman–Crippen LogP) is 3.34. The first-order valence-electron chi connectivity index (χ1n) is 6.52. The summed E-state index contributed by atoms with van der Waals surface area (Å²) in [6.07, 6.45) is 3.74. The molecule has 1 saturated carbocycles. The second-order valence-electron chi connectivity index (χ2n) is 5.35. The topological polar surface area (TPSA) is 40.5 Å². The fourth-order valence-electron chi connectivity index (χ4n) is 2.76. The maximum atomic E-state index is 12.4. The van der Waals surface area contributed by atoms with Gasteiger partial charge in [0, 0.05) is 23.0 Å². The number of amides is 1. The summed E-state index contributed by atoms with van der Waals surface area (Å²) in [7, 11) is 1.78. The highest BCUT2D eigenvalue weighted by atomic mass is 32.1. The van der Waals surface area contributed by atoms with Crippen LogP contribution >= 0.6 is 22.7 Å². The molecular weight excluding hydrogens is 278 g/mol. The summed E-state index contributed by atoms with van der Waals surface area (Å²) in [6, 6.07) is 4.01. The summed E-state index contributed by atoms with van der Waals surface area (Å²) in [5, 5.41) is 12.4. The lowest BCUT2D eigenvalue weighted by molar-refractivity contribution is 0.0158. The van der Waals surface area contributed by atoms with Crippen LogP contribution in [0.4, 0.5) is 0 Å². The summed E-state index contributed by atoms with van der Waals surface area (Å²) >= 11 is 3.19.